The molecule has 2 aliphatic heterocycles. The molecule has 0 aromatic rings. The second kappa shape index (κ2) is 11.2. The first-order chi connectivity index (χ1) is 15.9. The third-order valence-corrected chi connectivity index (χ3v) is 6.60. The van der Waals surface area contributed by atoms with Crippen LogP contribution in [-0.2, 0) is 18.9 Å². The monoisotopic (exact) mass is 499 g/mol. The SMILES string of the molecule is C[C@H](N)[C@H]1O[C@@H](O[C@@H]2[C@@H](O)[C@H](N)C[C@H](N)[C@H]2O[C@H]2O[C@H]([C@H](O)CO)[C@@H](O)[C@H](O)[C@H]2O)[C@H](O)[C@@H]1O. The van der Waals surface area contributed by atoms with Gasteiger partial charge in [0.05, 0.1) is 12.7 Å². The Morgan fingerprint density at radius 3 is 1.79 bits per heavy atom. The fraction of sp³-hybridized carbons (Fsp3) is 1.00. The van der Waals surface area contributed by atoms with Crippen LogP contribution in [0.3, 0.4) is 0 Å². The average molecular weight is 500 g/mol. The third kappa shape index (κ3) is 5.39. The van der Waals surface area contributed by atoms with Gasteiger partial charge in [-0.05, 0) is 13.3 Å². The van der Waals surface area contributed by atoms with Crippen molar-refractivity contribution in [1.82, 2.24) is 0 Å². The maximum absolute atomic E-state index is 10.7. The lowest BCUT2D eigenvalue weighted by Gasteiger charge is -2.47. The van der Waals surface area contributed by atoms with E-state index in [1.54, 1.807) is 6.92 Å². The van der Waals surface area contributed by atoms with Crippen LogP contribution in [0, 0.1) is 0 Å². The second-order valence-electron chi connectivity index (χ2n) is 9.26. The summed E-state index contributed by atoms with van der Waals surface area (Å²) < 4.78 is 22.4. The number of hydrogen-bond donors (Lipinski definition) is 11. The maximum atomic E-state index is 10.7. The highest BCUT2D eigenvalue weighted by atomic mass is 16.7. The molecule has 1 saturated carbocycles. The van der Waals surface area contributed by atoms with Crippen molar-refractivity contribution in [3.63, 3.8) is 0 Å². The summed E-state index contributed by atoms with van der Waals surface area (Å²) in [6.45, 7) is 0.758. The van der Waals surface area contributed by atoms with Crippen LogP contribution in [0.2, 0.25) is 0 Å². The summed E-state index contributed by atoms with van der Waals surface area (Å²) >= 11 is 0. The Labute approximate surface area is 195 Å². The van der Waals surface area contributed by atoms with E-state index >= 15 is 0 Å². The molecule has 3 aliphatic rings. The molecule has 0 amide bonds. The normalized spacial score (nSPS) is 51.9. The summed E-state index contributed by atoms with van der Waals surface area (Å²) in [4.78, 5) is 0. The van der Waals surface area contributed by atoms with Gasteiger partial charge in [-0.3, -0.25) is 0 Å². The van der Waals surface area contributed by atoms with Crippen LogP contribution < -0.4 is 17.2 Å². The lowest BCUT2D eigenvalue weighted by Crippen LogP contribution is -2.67. The second-order valence-corrected chi connectivity index (χ2v) is 9.26. The lowest BCUT2D eigenvalue weighted by molar-refractivity contribution is -0.340. The Bertz CT molecular complexity index is 664. The number of ether oxygens (including phenoxy) is 4. The van der Waals surface area contributed by atoms with Gasteiger partial charge in [0.15, 0.2) is 12.6 Å². The third-order valence-electron chi connectivity index (χ3n) is 6.60. The topological polar surface area (TPSA) is 277 Å². The molecule has 3 rings (SSSR count). The van der Waals surface area contributed by atoms with E-state index in [4.69, 9.17) is 36.1 Å². The first-order valence-corrected chi connectivity index (χ1v) is 11.1. The largest absolute Gasteiger partial charge is 0.394 e. The minimum absolute atomic E-state index is 0.0571. The molecule has 2 heterocycles. The van der Waals surface area contributed by atoms with E-state index in [2.05, 4.69) is 0 Å². The number of aliphatic hydroxyl groups is 8. The molecule has 1 aliphatic carbocycles. The molecule has 0 aromatic heterocycles. The van der Waals surface area contributed by atoms with Crippen LogP contribution >= 0.6 is 0 Å². The summed E-state index contributed by atoms with van der Waals surface area (Å²) in [7, 11) is 0. The fourth-order valence-corrected chi connectivity index (χ4v) is 4.54. The first-order valence-electron chi connectivity index (χ1n) is 11.1. The molecule has 0 bridgehead atoms. The van der Waals surface area contributed by atoms with Crippen LogP contribution in [0.4, 0.5) is 0 Å². The molecule has 0 unspecified atom stereocenters. The van der Waals surface area contributed by atoms with Gasteiger partial charge in [-0.2, -0.15) is 0 Å². The Morgan fingerprint density at radius 1 is 0.765 bits per heavy atom. The van der Waals surface area contributed by atoms with Gasteiger partial charge in [0.1, 0.15) is 61.0 Å². The minimum atomic E-state index is -1.81. The molecule has 34 heavy (non-hydrogen) atoms. The van der Waals surface area contributed by atoms with Crippen LogP contribution in [0.5, 0.6) is 0 Å². The van der Waals surface area contributed by atoms with E-state index in [1.807, 2.05) is 0 Å². The predicted octanol–water partition coefficient (Wildman–Crippen LogP) is -6.87. The van der Waals surface area contributed by atoms with Crippen LogP contribution in [0.25, 0.3) is 0 Å². The maximum Gasteiger partial charge on any atom is 0.187 e. The fourth-order valence-electron chi connectivity index (χ4n) is 4.54. The number of rotatable bonds is 7. The summed E-state index contributed by atoms with van der Waals surface area (Å²) in [5.74, 6) is 0. The van der Waals surface area contributed by atoms with Crippen molar-refractivity contribution in [1.29, 1.82) is 0 Å². The van der Waals surface area contributed by atoms with Crippen LogP contribution in [0.1, 0.15) is 13.3 Å². The molecule has 0 aromatic carbocycles. The molecule has 2 saturated heterocycles. The average Bonchev–Trinajstić information content (AvgIpc) is 3.07. The zero-order valence-electron chi connectivity index (χ0n) is 18.6. The molecule has 3 fully saturated rings. The molecule has 0 radical (unpaired) electrons. The molecular weight excluding hydrogens is 462 g/mol. The van der Waals surface area contributed by atoms with Crippen molar-refractivity contribution in [2.75, 3.05) is 6.61 Å². The van der Waals surface area contributed by atoms with E-state index in [1.165, 1.54) is 0 Å². The highest BCUT2D eigenvalue weighted by molar-refractivity contribution is 5.01. The smallest absolute Gasteiger partial charge is 0.187 e. The first kappa shape index (κ1) is 28.0. The quantitative estimate of drug-likeness (QED) is 0.155. The van der Waals surface area contributed by atoms with Crippen molar-refractivity contribution in [3.8, 4) is 0 Å². The number of aliphatic hydroxyl groups excluding tert-OH is 8. The van der Waals surface area contributed by atoms with Gasteiger partial charge in [-0.25, -0.2) is 0 Å². The highest BCUT2D eigenvalue weighted by Crippen LogP contribution is 2.33. The van der Waals surface area contributed by atoms with Gasteiger partial charge in [0, 0.05) is 18.1 Å². The van der Waals surface area contributed by atoms with Crippen LogP contribution in [-0.4, -0.2) is 145 Å². The zero-order valence-corrected chi connectivity index (χ0v) is 18.6. The van der Waals surface area contributed by atoms with E-state index in [0.717, 1.165) is 0 Å². The molecule has 15 heteroatoms. The molecule has 16 atom stereocenters. The highest BCUT2D eigenvalue weighted by Gasteiger charge is 2.53. The van der Waals surface area contributed by atoms with E-state index in [-0.39, 0.29) is 6.42 Å². The Kier molecular flexibility index (Phi) is 9.22. The summed E-state index contributed by atoms with van der Waals surface area (Å²) in [5.41, 5.74) is 17.9. The molecule has 15 nitrogen and oxygen atoms in total. The van der Waals surface area contributed by atoms with Gasteiger partial charge >= 0.3 is 0 Å². The standard InChI is InChI=1S/C19H37N3O12/c1-4(20)14-11(28)13(30)19(31-14)34-17-8(25)5(21)2-6(22)15(17)32-18-12(29)9(26)10(27)16(33-18)7(24)3-23/h4-19,23-30H,2-3,20-22H2,1H3/t4-,5+,6-,7+,8-,9-,10-,11-,12+,13+,14+,15+,16+,17+,18-,19-/m0/s1. The van der Waals surface area contributed by atoms with Gasteiger partial charge in [0.2, 0.25) is 0 Å². The lowest BCUT2D eigenvalue weighted by atomic mass is 9.84. The van der Waals surface area contributed by atoms with Gasteiger partial charge in [0.25, 0.3) is 0 Å². The van der Waals surface area contributed by atoms with Crippen molar-refractivity contribution in [3.05, 3.63) is 0 Å². The van der Waals surface area contributed by atoms with E-state index in [0.29, 0.717) is 0 Å². The van der Waals surface area contributed by atoms with Gasteiger partial charge in [-0.15, -0.1) is 0 Å². The Morgan fingerprint density at radius 2 is 1.26 bits per heavy atom. The predicted molar refractivity (Wildman–Crippen MR) is 110 cm³/mol. The Balaban J connectivity index is 1.80. The zero-order chi connectivity index (χ0) is 25.5. The Hall–Kier alpha value is -0.600. The molecule has 14 N–H and O–H groups in total. The van der Waals surface area contributed by atoms with Crippen molar-refractivity contribution >= 4 is 0 Å². The van der Waals surface area contributed by atoms with Gasteiger partial charge in [-0.1, -0.05) is 0 Å². The van der Waals surface area contributed by atoms with Gasteiger partial charge < -0.3 is 77.0 Å². The number of nitrogens with two attached hydrogens (primary N) is 3. The van der Waals surface area contributed by atoms with Crippen molar-refractivity contribution < 1.29 is 59.8 Å². The van der Waals surface area contributed by atoms with Crippen molar-refractivity contribution in [2.24, 2.45) is 17.2 Å². The summed E-state index contributed by atoms with van der Waals surface area (Å²) in [5, 5.41) is 81.0. The molecular formula is C19H37N3O12. The molecule has 200 valence electrons. The summed E-state index contributed by atoms with van der Waals surface area (Å²) in [6.07, 6.45) is -19.3. The summed E-state index contributed by atoms with van der Waals surface area (Å²) in [6, 6.07) is -2.40. The number of hydrogen-bond acceptors (Lipinski definition) is 15. The van der Waals surface area contributed by atoms with Crippen molar-refractivity contribution in [2.45, 2.75) is 111 Å². The van der Waals surface area contributed by atoms with E-state index in [9.17, 15) is 40.9 Å². The minimum Gasteiger partial charge on any atom is -0.394 e. The molecule has 0 spiro atoms. The van der Waals surface area contributed by atoms with Crippen LogP contribution in [0.15, 0.2) is 0 Å². The van der Waals surface area contributed by atoms with E-state index < -0.39 is 104 Å².